The minimum atomic E-state index is -4.64. The zero-order chi connectivity index (χ0) is 20.2. The smallest absolute Gasteiger partial charge is 0.336 e. The van der Waals surface area contributed by atoms with Gasteiger partial charge in [-0.05, 0) is 18.2 Å². The first-order valence-electron chi connectivity index (χ1n) is 7.90. The fourth-order valence-corrected chi connectivity index (χ4v) is 3.45. The molecule has 1 N–H and O–H groups in total. The Bertz CT molecular complexity index is 745. The molecule has 27 heavy (non-hydrogen) atoms. The number of anilines is 1. The fraction of sp³-hybridized carbons (Fsp3) is 0.438. The van der Waals surface area contributed by atoms with E-state index in [0.29, 0.717) is 12.3 Å². The minimum absolute atomic E-state index is 0.0647. The van der Waals surface area contributed by atoms with Gasteiger partial charge in [-0.2, -0.15) is 13.2 Å². The molecule has 1 heterocycles. The molecule has 1 aromatic carbocycles. The number of benzene rings is 1. The van der Waals surface area contributed by atoms with Gasteiger partial charge in [-0.1, -0.05) is 23.4 Å². The van der Waals surface area contributed by atoms with Gasteiger partial charge in [0.1, 0.15) is 0 Å². The van der Waals surface area contributed by atoms with Gasteiger partial charge in [-0.3, -0.25) is 14.4 Å². The van der Waals surface area contributed by atoms with Gasteiger partial charge in [0.25, 0.3) is 5.24 Å². The van der Waals surface area contributed by atoms with Crippen LogP contribution in [0, 0.1) is 0 Å². The van der Waals surface area contributed by atoms with Crippen molar-refractivity contribution < 1.29 is 27.6 Å². The molecule has 0 bridgehead atoms. The lowest BCUT2D eigenvalue weighted by molar-refractivity contribution is -0.137. The third-order valence-electron chi connectivity index (χ3n) is 3.80. The van der Waals surface area contributed by atoms with Crippen LogP contribution in [0.25, 0.3) is 0 Å². The van der Waals surface area contributed by atoms with Gasteiger partial charge in [-0.25, -0.2) is 0 Å². The molecule has 0 radical (unpaired) electrons. The Morgan fingerprint density at radius 3 is 2.67 bits per heavy atom. The van der Waals surface area contributed by atoms with E-state index in [4.69, 9.17) is 11.6 Å². The monoisotopic (exact) mass is 423 g/mol. The molecule has 0 unspecified atom stereocenters. The van der Waals surface area contributed by atoms with Crippen molar-refractivity contribution in [3.8, 4) is 0 Å². The minimum Gasteiger partial charge on any atom is -0.336 e. The summed E-state index contributed by atoms with van der Waals surface area (Å²) in [5, 5.41) is 1.76. The summed E-state index contributed by atoms with van der Waals surface area (Å²) in [6.07, 6.45) is -4.58. The fourth-order valence-electron chi connectivity index (χ4n) is 2.37. The van der Waals surface area contributed by atoms with E-state index in [1.165, 1.54) is 24.9 Å². The quantitative estimate of drug-likeness (QED) is 0.762. The first kappa shape index (κ1) is 21.4. The normalized spacial score (nSPS) is 14.4. The average molecular weight is 424 g/mol. The third kappa shape index (κ3) is 6.03. The molecule has 0 saturated carbocycles. The van der Waals surface area contributed by atoms with Crippen LogP contribution in [0.5, 0.6) is 0 Å². The number of rotatable bonds is 6. The average Bonchev–Trinajstić information content (AvgIpc) is 2.98. The van der Waals surface area contributed by atoms with Crippen LogP contribution in [-0.2, 0) is 15.8 Å². The molecule has 3 amide bonds. The van der Waals surface area contributed by atoms with Crippen LogP contribution in [0.1, 0.15) is 12.0 Å². The molecule has 1 fully saturated rings. The van der Waals surface area contributed by atoms with Crippen molar-refractivity contribution in [2.75, 3.05) is 37.8 Å². The number of alkyl halides is 3. The summed E-state index contributed by atoms with van der Waals surface area (Å²) < 4.78 is 38.5. The summed E-state index contributed by atoms with van der Waals surface area (Å²) in [6, 6.07) is 3.02. The second kappa shape index (κ2) is 8.83. The number of likely N-dealkylation sites (N-methyl/N-ethyl adjacent to an activating group) is 1. The third-order valence-corrected chi connectivity index (χ3v) is 5.02. The van der Waals surface area contributed by atoms with Crippen LogP contribution in [-0.4, -0.2) is 59.3 Å². The SMILES string of the molecule is CN(CC(=O)Nc1ccc(Cl)c(C(F)(F)F)c1)C(=O)CCN1CCSC1=O. The van der Waals surface area contributed by atoms with Gasteiger partial charge < -0.3 is 15.1 Å². The molecule has 11 heteroatoms. The lowest BCUT2D eigenvalue weighted by atomic mass is 10.2. The maximum Gasteiger partial charge on any atom is 0.417 e. The summed E-state index contributed by atoms with van der Waals surface area (Å²) in [7, 11) is 1.41. The zero-order valence-corrected chi connectivity index (χ0v) is 15.9. The van der Waals surface area contributed by atoms with Crippen molar-refractivity contribution in [3.05, 3.63) is 28.8 Å². The molecule has 148 valence electrons. The number of carbonyl (C=O) groups is 3. The number of halogens is 4. The molecule has 2 rings (SSSR count). The van der Waals surface area contributed by atoms with E-state index in [1.54, 1.807) is 4.90 Å². The lowest BCUT2D eigenvalue weighted by Crippen LogP contribution is -2.37. The van der Waals surface area contributed by atoms with Gasteiger partial charge in [-0.15, -0.1) is 0 Å². The number of nitrogens with zero attached hydrogens (tertiary/aromatic N) is 2. The Morgan fingerprint density at radius 1 is 1.37 bits per heavy atom. The summed E-state index contributed by atoms with van der Waals surface area (Å²) >= 11 is 6.72. The highest BCUT2D eigenvalue weighted by Gasteiger charge is 2.33. The Balaban J connectivity index is 1.87. The number of hydrogen-bond donors (Lipinski definition) is 1. The van der Waals surface area contributed by atoms with Crippen molar-refractivity contribution in [1.82, 2.24) is 9.80 Å². The molecule has 1 aromatic rings. The van der Waals surface area contributed by atoms with Gasteiger partial charge in [0.05, 0.1) is 17.1 Å². The molecular weight excluding hydrogens is 407 g/mol. The molecule has 1 aliphatic heterocycles. The standard InChI is InChI=1S/C16H17ClF3N3O3S/c1-22(14(25)4-5-23-6-7-27-15(23)26)9-13(24)21-10-2-3-12(17)11(8-10)16(18,19)20/h2-3,8H,4-7,9H2,1H3,(H,21,24). The van der Waals surface area contributed by atoms with E-state index in [0.717, 1.165) is 17.0 Å². The number of amides is 3. The van der Waals surface area contributed by atoms with Crippen LogP contribution in [0.15, 0.2) is 18.2 Å². The topological polar surface area (TPSA) is 69.7 Å². The largest absolute Gasteiger partial charge is 0.417 e. The highest BCUT2D eigenvalue weighted by Crippen LogP contribution is 2.36. The summed E-state index contributed by atoms with van der Waals surface area (Å²) in [5.74, 6) is -0.303. The first-order valence-corrected chi connectivity index (χ1v) is 9.26. The number of hydrogen-bond acceptors (Lipinski definition) is 4. The van der Waals surface area contributed by atoms with Gasteiger partial charge in [0, 0.05) is 38.0 Å². The number of nitrogens with one attached hydrogen (secondary N) is 1. The van der Waals surface area contributed by atoms with E-state index in [1.807, 2.05) is 0 Å². The maximum absolute atomic E-state index is 12.8. The van der Waals surface area contributed by atoms with Crippen LogP contribution in [0.2, 0.25) is 5.02 Å². The van der Waals surface area contributed by atoms with Crippen LogP contribution in [0.3, 0.4) is 0 Å². The second-order valence-electron chi connectivity index (χ2n) is 5.84. The van der Waals surface area contributed by atoms with E-state index >= 15 is 0 Å². The molecule has 1 aliphatic rings. The van der Waals surface area contributed by atoms with E-state index in [-0.39, 0.29) is 36.3 Å². The van der Waals surface area contributed by atoms with Crippen LogP contribution in [0.4, 0.5) is 23.7 Å². The predicted octanol–water partition coefficient (Wildman–Crippen LogP) is 3.31. The maximum atomic E-state index is 12.8. The predicted molar refractivity (Wildman–Crippen MR) is 96.8 cm³/mol. The van der Waals surface area contributed by atoms with E-state index < -0.39 is 22.7 Å². The molecule has 6 nitrogen and oxygen atoms in total. The van der Waals surface area contributed by atoms with Gasteiger partial charge in [0.15, 0.2) is 0 Å². The van der Waals surface area contributed by atoms with Gasteiger partial charge in [0.2, 0.25) is 11.8 Å². The Kier molecular flexibility index (Phi) is 6.99. The first-order chi connectivity index (χ1) is 12.6. The van der Waals surface area contributed by atoms with Crippen molar-refractivity contribution in [3.63, 3.8) is 0 Å². The molecule has 0 aromatic heterocycles. The number of carbonyl (C=O) groups excluding carboxylic acids is 3. The Labute approximate surface area is 163 Å². The molecule has 0 atom stereocenters. The Hall–Kier alpha value is -1.94. The van der Waals surface area contributed by atoms with Crippen LogP contribution < -0.4 is 5.32 Å². The summed E-state index contributed by atoms with van der Waals surface area (Å²) in [6.45, 7) is 0.521. The lowest BCUT2D eigenvalue weighted by Gasteiger charge is -2.19. The highest BCUT2D eigenvalue weighted by molar-refractivity contribution is 8.13. The summed E-state index contributed by atoms with van der Waals surface area (Å²) in [4.78, 5) is 38.2. The van der Waals surface area contributed by atoms with Crippen molar-refractivity contribution in [1.29, 1.82) is 0 Å². The molecule has 0 spiro atoms. The molecule has 1 saturated heterocycles. The van der Waals surface area contributed by atoms with Crippen molar-refractivity contribution >= 4 is 46.1 Å². The second-order valence-corrected chi connectivity index (χ2v) is 7.30. The van der Waals surface area contributed by atoms with E-state index in [9.17, 15) is 27.6 Å². The van der Waals surface area contributed by atoms with E-state index in [2.05, 4.69) is 5.32 Å². The Morgan fingerprint density at radius 2 is 2.07 bits per heavy atom. The van der Waals surface area contributed by atoms with Crippen LogP contribution >= 0.6 is 23.4 Å². The zero-order valence-electron chi connectivity index (χ0n) is 14.3. The summed E-state index contributed by atoms with van der Waals surface area (Å²) in [5.41, 5.74) is -1.13. The highest BCUT2D eigenvalue weighted by atomic mass is 35.5. The van der Waals surface area contributed by atoms with Gasteiger partial charge >= 0.3 is 6.18 Å². The van der Waals surface area contributed by atoms with Crippen molar-refractivity contribution in [2.24, 2.45) is 0 Å². The molecular formula is C16H17ClF3N3O3S. The van der Waals surface area contributed by atoms with Crippen molar-refractivity contribution in [2.45, 2.75) is 12.6 Å². The molecule has 0 aliphatic carbocycles. The number of thioether (sulfide) groups is 1.